The lowest BCUT2D eigenvalue weighted by molar-refractivity contribution is -0.384. The van der Waals surface area contributed by atoms with Crippen LogP contribution in [0.25, 0.3) is 11.8 Å². The Morgan fingerprint density at radius 2 is 1.72 bits per heavy atom. The van der Waals surface area contributed by atoms with Crippen molar-refractivity contribution >= 4 is 50.7 Å². The number of rotatable bonds is 9. The van der Waals surface area contributed by atoms with Gasteiger partial charge in [-0.25, -0.2) is 9.79 Å². The fraction of sp³-hybridized carbons (Fsp3) is 0.114. The van der Waals surface area contributed by atoms with Crippen LogP contribution < -0.4 is 19.6 Å². The van der Waals surface area contributed by atoms with Crippen LogP contribution in [0.15, 0.2) is 123 Å². The molecule has 4 aromatic carbocycles. The van der Waals surface area contributed by atoms with Crippen LogP contribution >= 0.6 is 27.3 Å². The van der Waals surface area contributed by atoms with Gasteiger partial charge in [-0.3, -0.25) is 19.5 Å². The second-order valence-electron chi connectivity index (χ2n) is 10.2. The van der Waals surface area contributed by atoms with Gasteiger partial charge in [0.05, 0.1) is 37.8 Å². The van der Waals surface area contributed by atoms with E-state index in [-0.39, 0.29) is 24.5 Å². The van der Waals surface area contributed by atoms with Crippen molar-refractivity contribution in [1.29, 1.82) is 0 Å². The first-order valence-electron chi connectivity index (χ1n) is 14.3. The van der Waals surface area contributed by atoms with E-state index in [2.05, 4.69) is 15.9 Å². The molecule has 2 heterocycles. The van der Waals surface area contributed by atoms with Crippen LogP contribution in [0.3, 0.4) is 0 Å². The predicted molar refractivity (Wildman–Crippen MR) is 179 cm³/mol. The third-order valence-electron chi connectivity index (χ3n) is 7.28. The van der Waals surface area contributed by atoms with Gasteiger partial charge in [0, 0.05) is 17.7 Å². The molecule has 0 saturated carbocycles. The Morgan fingerprint density at radius 1 is 1.02 bits per heavy atom. The summed E-state index contributed by atoms with van der Waals surface area (Å²) in [6.45, 7) is 2.15. The lowest BCUT2D eigenvalue weighted by Gasteiger charge is -2.25. The summed E-state index contributed by atoms with van der Waals surface area (Å²) < 4.78 is 14.1. The second-order valence-corrected chi connectivity index (χ2v) is 12.1. The molecule has 1 aliphatic heterocycles. The normalized spacial score (nSPS) is 14.4. The monoisotopic (exact) mass is 695 g/mol. The minimum absolute atomic E-state index is 0.0167. The molecule has 5 aromatic rings. The number of hydrogen-bond donors (Lipinski definition) is 0. The zero-order valence-electron chi connectivity index (χ0n) is 24.5. The van der Waals surface area contributed by atoms with E-state index >= 15 is 0 Å². The molecular formula is C35H26BrN3O6S. The zero-order valence-corrected chi connectivity index (χ0v) is 26.9. The standard InChI is InChI=1S/C35H26BrN3O6S/c1-2-44-34(41)30-31(24-9-5-3-6-10-24)37-35-38(32(30)25-11-7-4-8-12-25)33(40)29(46-35)20-23-15-18-28(27(36)19-23)45-21-22-13-16-26(17-14-22)39(42)43/h3-20,32H,2,21H2,1H3/b29-20-/t32-/m1/s1. The second kappa shape index (κ2) is 13.5. The molecule has 9 nitrogen and oxygen atoms in total. The summed E-state index contributed by atoms with van der Waals surface area (Å²) >= 11 is 4.81. The Morgan fingerprint density at radius 3 is 2.37 bits per heavy atom. The van der Waals surface area contributed by atoms with Gasteiger partial charge in [0.15, 0.2) is 4.80 Å². The van der Waals surface area contributed by atoms with Crippen molar-refractivity contribution in [3.63, 3.8) is 0 Å². The molecule has 0 aliphatic carbocycles. The average molecular weight is 697 g/mol. The van der Waals surface area contributed by atoms with Gasteiger partial charge < -0.3 is 9.47 Å². The Hall–Kier alpha value is -5.13. The number of benzene rings is 4. The zero-order chi connectivity index (χ0) is 32.2. The predicted octanol–water partition coefficient (Wildman–Crippen LogP) is 6.19. The van der Waals surface area contributed by atoms with Crippen LogP contribution in [0.5, 0.6) is 5.75 Å². The van der Waals surface area contributed by atoms with Gasteiger partial charge >= 0.3 is 5.97 Å². The number of non-ortho nitro benzene ring substituents is 1. The largest absolute Gasteiger partial charge is 0.488 e. The molecule has 1 aromatic heterocycles. The number of carbonyl (C=O) groups is 1. The third-order valence-corrected chi connectivity index (χ3v) is 8.89. The number of nitro groups is 1. The maximum Gasteiger partial charge on any atom is 0.338 e. The summed E-state index contributed by atoms with van der Waals surface area (Å²) in [6, 6.07) is 29.7. The average Bonchev–Trinajstić information content (AvgIpc) is 3.38. The minimum Gasteiger partial charge on any atom is -0.488 e. The van der Waals surface area contributed by atoms with Crippen molar-refractivity contribution < 1.29 is 19.2 Å². The van der Waals surface area contributed by atoms with Crippen molar-refractivity contribution in [2.45, 2.75) is 19.6 Å². The smallest absolute Gasteiger partial charge is 0.338 e. The summed E-state index contributed by atoms with van der Waals surface area (Å²) in [7, 11) is 0. The Bertz CT molecular complexity index is 2140. The lowest BCUT2D eigenvalue weighted by atomic mass is 9.93. The lowest BCUT2D eigenvalue weighted by Crippen LogP contribution is -2.39. The van der Waals surface area contributed by atoms with E-state index in [0.717, 1.165) is 22.3 Å². The summed E-state index contributed by atoms with van der Waals surface area (Å²) in [5.41, 5.74) is 3.56. The van der Waals surface area contributed by atoms with E-state index in [1.165, 1.54) is 23.5 Å². The van der Waals surface area contributed by atoms with E-state index in [1.807, 2.05) is 72.8 Å². The van der Waals surface area contributed by atoms with Crippen LogP contribution in [0.2, 0.25) is 0 Å². The number of fused-ring (bicyclic) bond motifs is 1. The van der Waals surface area contributed by atoms with Crippen LogP contribution in [0.1, 0.15) is 35.2 Å². The maximum atomic E-state index is 14.1. The van der Waals surface area contributed by atoms with E-state index in [9.17, 15) is 19.7 Å². The highest BCUT2D eigenvalue weighted by Crippen LogP contribution is 2.35. The van der Waals surface area contributed by atoms with Crippen LogP contribution in [0.4, 0.5) is 5.69 Å². The third kappa shape index (κ3) is 6.33. The molecule has 0 unspecified atom stereocenters. The van der Waals surface area contributed by atoms with Gasteiger partial charge in [-0.2, -0.15) is 0 Å². The van der Waals surface area contributed by atoms with E-state index < -0.39 is 16.9 Å². The Balaban J connectivity index is 1.40. The molecule has 0 amide bonds. The summed E-state index contributed by atoms with van der Waals surface area (Å²) in [5, 5.41) is 10.9. The van der Waals surface area contributed by atoms with E-state index in [1.54, 1.807) is 35.8 Å². The fourth-order valence-corrected chi connectivity index (χ4v) is 6.65. The van der Waals surface area contributed by atoms with E-state index in [4.69, 9.17) is 14.5 Å². The van der Waals surface area contributed by atoms with Gasteiger partial charge in [0.25, 0.3) is 11.2 Å². The maximum absolute atomic E-state index is 14.1. The molecule has 1 atom stereocenters. The van der Waals surface area contributed by atoms with Gasteiger partial charge in [-0.15, -0.1) is 0 Å². The van der Waals surface area contributed by atoms with Crippen molar-refractivity contribution in [3.05, 3.63) is 165 Å². The summed E-state index contributed by atoms with van der Waals surface area (Å²) in [5.74, 6) is 0.0501. The first-order valence-corrected chi connectivity index (χ1v) is 15.9. The Kier molecular flexibility index (Phi) is 9.04. The number of aromatic nitrogens is 1. The number of carbonyl (C=O) groups excluding carboxylic acids is 1. The molecule has 1 aliphatic rings. The van der Waals surface area contributed by atoms with Gasteiger partial charge in [0.1, 0.15) is 12.4 Å². The molecule has 230 valence electrons. The molecule has 0 saturated heterocycles. The molecule has 6 rings (SSSR count). The minimum atomic E-state index is -0.740. The first kappa shape index (κ1) is 30.9. The van der Waals surface area contributed by atoms with Crippen LogP contribution in [-0.4, -0.2) is 22.1 Å². The van der Waals surface area contributed by atoms with Crippen molar-refractivity contribution in [3.8, 4) is 5.75 Å². The number of esters is 1. The summed E-state index contributed by atoms with van der Waals surface area (Å²) in [4.78, 5) is 43.4. The molecule has 0 N–H and O–H groups in total. The number of thiazole rings is 1. The topological polar surface area (TPSA) is 113 Å². The molecular weight excluding hydrogens is 670 g/mol. The van der Waals surface area contributed by atoms with Crippen molar-refractivity contribution in [1.82, 2.24) is 4.57 Å². The van der Waals surface area contributed by atoms with Crippen molar-refractivity contribution in [2.24, 2.45) is 4.99 Å². The molecule has 0 spiro atoms. The molecule has 0 bridgehead atoms. The molecule has 0 radical (unpaired) electrons. The van der Waals surface area contributed by atoms with E-state index in [0.29, 0.717) is 30.8 Å². The number of hydrogen-bond acceptors (Lipinski definition) is 8. The Labute approximate surface area is 275 Å². The SMILES string of the molecule is CCOC(=O)C1=C(c2ccccc2)N=c2s/c(=C\c3ccc(OCc4ccc([N+](=O)[O-])cc4)c(Br)c3)c(=O)n2[C@@H]1c1ccccc1. The molecule has 0 fully saturated rings. The number of nitro benzene ring substituents is 1. The highest BCUT2D eigenvalue weighted by Gasteiger charge is 2.35. The first-order chi connectivity index (χ1) is 22.3. The number of halogens is 1. The highest BCUT2D eigenvalue weighted by atomic mass is 79.9. The quantitative estimate of drug-likeness (QED) is 0.103. The van der Waals surface area contributed by atoms with Gasteiger partial charge in [-0.05, 0) is 69.9 Å². The number of nitrogens with zero attached hydrogens (tertiary/aromatic N) is 3. The summed E-state index contributed by atoms with van der Waals surface area (Å²) in [6.07, 6.45) is 1.78. The van der Waals surface area contributed by atoms with Gasteiger partial charge in [0.2, 0.25) is 0 Å². The molecule has 46 heavy (non-hydrogen) atoms. The van der Waals surface area contributed by atoms with Crippen LogP contribution in [-0.2, 0) is 16.1 Å². The van der Waals surface area contributed by atoms with Crippen LogP contribution in [0, 0.1) is 10.1 Å². The molecule has 11 heteroatoms. The number of ether oxygens (including phenoxy) is 2. The van der Waals surface area contributed by atoms with Gasteiger partial charge in [-0.1, -0.05) is 78.1 Å². The fourth-order valence-electron chi connectivity index (χ4n) is 5.14. The highest BCUT2D eigenvalue weighted by molar-refractivity contribution is 9.10. The van der Waals surface area contributed by atoms with Crippen molar-refractivity contribution in [2.75, 3.05) is 6.61 Å².